The lowest BCUT2D eigenvalue weighted by Gasteiger charge is -2.08. The number of aromatic nitrogens is 1. The van der Waals surface area contributed by atoms with Crippen molar-refractivity contribution in [1.82, 2.24) is 4.98 Å². The van der Waals surface area contributed by atoms with E-state index in [2.05, 4.69) is 26.2 Å². The molecule has 17 heavy (non-hydrogen) atoms. The van der Waals surface area contributed by atoms with Crippen LogP contribution in [-0.2, 0) is 0 Å². The summed E-state index contributed by atoms with van der Waals surface area (Å²) in [5.41, 5.74) is 1.16. The number of pyridine rings is 1. The van der Waals surface area contributed by atoms with E-state index in [0.717, 1.165) is 10.9 Å². The second kappa shape index (κ2) is 4.58. The number of carbonyl (C=O) groups is 1. The van der Waals surface area contributed by atoms with Crippen molar-refractivity contribution in [3.05, 3.63) is 28.9 Å². The van der Waals surface area contributed by atoms with E-state index in [1.54, 1.807) is 19.2 Å². The lowest BCUT2D eigenvalue weighted by molar-refractivity contribution is 0.209. The molecule has 1 amide bonds. The summed E-state index contributed by atoms with van der Waals surface area (Å²) in [7, 11) is 1.57. The van der Waals surface area contributed by atoms with Crippen LogP contribution in [0.3, 0.4) is 0 Å². The van der Waals surface area contributed by atoms with Gasteiger partial charge in [-0.2, -0.15) is 0 Å². The number of amides is 1. The summed E-state index contributed by atoms with van der Waals surface area (Å²) in [6, 6.07) is 5.40. The SMILES string of the molecule is COc1ccc2ncc(NC(=O)O)c(Br)c2c1. The molecule has 0 radical (unpaired) electrons. The van der Waals surface area contributed by atoms with E-state index in [1.165, 1.54) is 6.20 Å². The van der Waals surface area contributed by atoms with E-state index in [-0.39, 0.29) is 0 Å². The molecule has 0 spiro atoms. The monoisotopic (exact) mass is 296 g/mol. The quantitative estimate of drug-likeness (QED) is 0.893. The van der Waals surface area contributed by atoms with E-state index in [0.29, 0.717) is 15.9 Å². The first-order valence-corrected chi connectivity index (χ1v) is 5.53. The fourth-order valence-electron chi connectivity index (χ4n) is 1.47. The molecule has 2 aromatic rings. The molecule has 0 aliphatic heterocycles. The third kappa shape index (κ3) is 2.31. The number of halogens is 1. The van der Waals surface area contributed by atoms with Gasteiger partial charge in [0.2, 0.25) is 0 Å². The Kier molecular flexibility index (Phi) is 3.14. The fraction of sp³-hybridized carbons (Fsp3) is 0.0909. The Hall–Kier alpha value is -1.82. The van der Waals surface area contributed by atoms with Gasteiger partial charge in [0.05, 0.1) is 29.0 Å². The van der Waals surface area contributed by atoms with Crippen LogP contribution in [0.15, 0.2) is 28.9 Å². The van der Waals surface area contributed by atoms with Crippen molar-refractivity contribution in [2.75, 3.05) is 12.4 Å². The number of nitrogens with one attached hydrogen (secondary N) is 1. The zero-order valence-corrected chi connectivity index (χ0v) is 10.5. The van der Waals surface area contributed by atoms with E-state index in [1.807, 2.05) is 6.07 Å². The molecule has 0 atom stereocenters. The smallest absolute Gasteiger partial charge is 0.409 e. The predicted molar refractivity (Wildman–Crippen MR) is 67.6 cm³/mol. The van der Waals surface area contributed by atoms with Gasteiger partial charge in [-0.15, -0.1) is 0 Å². The molecule has 1 aromatic heterocycles. The van der Waals surface area contributed by atoms with Gasteiger partial charge >= 0.3 is 6.09 Å². The van der Waals surface area contributed by atoms with Gasteiger partial charge in [0.15, 0.2) is 0 Å². The minimum Gasteiger partial charge on any atom is -0.497 e. The molecule has 5 nitrogen and oxygen atoms in total. The van der Waals surface area contributed by atoms with Crippen molar-refractivity contribution < 1.29 is 14.6 Å². The highest BCUT2D eigenvalue weighted by molar-refractivity contribution is 9.10. The molecule has 0 aliphatic carbocycles. The normalized spacial score (nSPS) is 10.2. The zero-order valence-electron chi connectivity index (χ0n) is 8.90. The first-order chi connectivity index (χ1) is 8.11. The molecule has 2 rings (SSSR count). The van der Waals surface area contributed by atoms with Gasteiger partial charge in [-0.05, 0) is 34.1 Å². The van der Waals surface area contributed by atoms with Crippen LogP contribution >= 0.6 is 15.9 Å². The Morgan fingerprint density at radius 3 is 2.94 bits per heavy atom. The summed E-state index contributed by atoms with van der Waals surface area (Å²) in [5.74, 6) is 0.687. The molecule has 1 aromatic carbocycles. The van der Waals surface area contributed by atoms with Crippen LogP contribution in [0.2, 0.25) is 0 Å². The van der Waals surface area contributed by atoms with Gasteiger partial charge in [0.25, 0.3) is 0 Å². The third-order valence-electron chi connectivity index (χ3n) is 2.25. The van der Waals surface area contributed by atoms with Crippen LogP contribution in [0.25, 0.3) is 10.9 Å². The predicted octanol–water partition coefficient (Wildman–Crippen LogP) is 3.10. The third-order valence-corrected chi connectivity index (χ3v) is 3.11. The maximum atomic E-state index is 10.6. The van der Waals surface area contributed by atoms with Gasteiger partial charge in [-0.1, -0.05) is 0 Å². The van der Waals surface area contributed by atoms with Gasteiger partial charge in [-0.3, -0.25) is 10.3 Å². The van der Waals surface area contributed by atoms with Gasteiger partial charge < -0.3 is 9.84 Å². The lowest BCUT2D eigenvalue weighted by Crippen LogP contribution is -2.08. The Labute approximate surface area is 106 Å². The van der Waals surface area contributed by atoms with Crippen LogP contribution in [0.1, 0.15) is 0 Å². The van der Waals surface area contributed by atoms with Crippen LogP contribution in [-0.4, -0.2) is 23.3 Å². The minimum atomic E-state index is -1.13. The maximum absolute atomic E-state index is 10.6. The van der Waals surface area contributed by atoms with Gasteiger partial charge in [-0.25, -0.2) is 4.79 Å². The summed E-state index contributed by atoms with van der Waals surface area (Å²) < 4.78 is 5.76. The topological polar surface area (TPSA) is 71.5 Å². The molecule has 0 aliphatic rings. The van der Waals surface area contributed by atoms with E-state index in [4.69, 9.17) is 9.84 Å². The molecule has 0 saturated heterocycles. The Morgan fingerprint density at radius 2 is 2.29 bits per heavy atom. The summed E-state index contributed by atoms with van der Waals surface area (Å²) in [4.78, 5) is 14.8. The number of anilines is 1. The molecule has 0 fully saturated rings. The number of fused-ring (bicyclic) bond motifs is 1. The Balaban J connectivity index is 2.59. The van der Waals surface area contributed by atoms with Crippen molar-refractivity contribution in [3.8, 4) is 5.75 Å². The second-order valence-electron chi connectivity index (χ2n) is 3.30. The summed E-state index contributed by atoms with van der Waals surface area (Å²) in [5, 5.41) is 11.7. The summed E-state index contributed by atoms with van der Waals surface area (Å²) >= 11 is 3.35. The summed E-state index contributed by atoms with van der Waals surface area (Å²) in [6.45, 7) is 0. The van der Waals surface area contributed by atoms with Crippen LogP contribution in [0.5, 0.6) is 5.75 Å². The number of benzene rings is 1. The number of ether oxygens (including phenoxy) is 1. The van der Waals surface area contributed by atoms with Crippen molar-refractivity contribution in [2.45, 2.75) is 0 Å². The highest BCUT2D eigenvalue weighted by atomic mass is 79.9. The number of rotatable bonds is 2. The molecular formula is C11H9BrN2O3. The van der Waals surface area contributed by atoms with E-state index in [9.17, 15) is 4.79 Å². The number of methoxy groups -OCH3 is 1. The maximum Gasteiger partial charge on any atom is 0.409 e. The molecule has 0 unspecified atom stereocenters. The first-order valence-electron chi connectivity index (χ1n) is 4.74. The van der Waals surface area contributed by atoms with E-state index >= 15 is 0 Å². The number of nitrogens with zero attached hydrogens (tertiary/aromatic N) is 1. The van der Waals surface area contributed by atoms with Crippen LogP contribution < -0.4 is 10.1 Å². The highest BCUT2D eigenvalue weighted by Gasteiger charge is 2.09. The van der Waals surface area contributed by atoms with Crippen molar-refractivity contribution in [2.24, 2.45) is 0 Å². The van der Waals surface area contributed by atoms with Gasteiger partial charge in [0.1, 0.15) is 5.75 Å². The molecule has 88 valence electrons. The molecule has 0 bridgehead atoms. The summed E-state index contributed by atoms with van der Waals surface area (Å²) in [6.07, 6.45) is 0.335. The second-order valence-corrected chi connectivity index (χ2v) is 4.09. The number of hydrogen-bond donors (Lipinski definition) is 2. The Bertz CT molecular complexity index is 586. The minimum absolute atomic E-state index is 0.401. The van der Waals surface area contributed by atoms with E-state index < -0.39 is 6.09 Å². The molecule has 0 saturated carbocycles. The molecule has 1 heterocycles. The average Bonchev–Trinajstić information content (AvgIpc) is 2.32. The number of hydrogen-bond acceptors (Lipinski definition) is 3. The molecular weight excluding hydrogens is 288 g/mol. The highest BCUT2D eigenvalue weighted by Crippen LogP contribution is 2.32. The van der Waals surface area contributed by atoms with Crippen molar-refractivity contribution in [1.29, 1.82) is 0 Å². The van der Waals surface area contributed by atoms with Crippen molar-refractivity contribution >= 4 is 38.6 Å². The molecule has 6 heteroatoms. The van der Waals surface area contributed by atoms with Crippen molar-refractivity contribution in [3.63, 3.8) is 0 Å². The average molecular weight is 297 g/mol. The first kappa shape index (κ1) is 11.7. The standard InChI is InChI=1S/C11H9BrN2O3/c1-17-6-2-3-8-7(4-6)10(12)9(5-13-8)14-11(15)16/h2-5,14H,1H3,(H,15,16). The number of carboxylic acid groups (broad SMARTS) is 1. The lowest BCUT2D eigenvalue weighted by atomic mass is 10.2. The Morgan fingerprint density at radius 1 is 1.53 bits per heavy atom. The zero-order chi connectivity index (χ0) is 12.4. The van der Waals surface area contributed by atoms with Crippen LogP contribution in [0, 0.1) is 0 Å². The van der Waals surface area contributed by atoms with Gasteiger partial charge in [0, 0.05) is 5.39 Å². The fourth-order valence-corrected chi connectivity index (χ4v) is 1.99. The largest absolute Gasteiger partial charge is 0.497 e. The van der Waals surface area contributed by atoms with Crippen LogP contribution in [0.4, 0.5) is 10.5 Å². The molecule has 2 N–H and O–H groups in total.